The van der Waals surface area contributed by atoms with E-state index in [0.717, 1.165) is 34.4 Å². The normalized spacial score (nSPS) is 20.3. The number of thiophene rings is 1. The highest BCUT2D eigenvalue weighted by molar-refractivity contribution is 9.13. The van der Waals surface area contributed by atoms with E-state index in [1.165, 1.54) is 4.88 Å². The number of nitrogens with zero attached hydrogens (tertiary/aromatic N) is 2. The number of nitrogens with two attached hydrogens (primary N) is 1. The van der Waals surface area contributed by atoms with E-state index in [4.69, 9.17) is 5.73 Å². The third-order valence-corrected chi connectivity index (χ3v) is 7.28. The van der Waals surface area contributed by atoms with Crippen molar-refractivity contribution < 1.29 is 0 Å². The lowest BCUT2D eigenvalue weighted by Crippen LogP contribution is -2.54. The highest BCUT2D eigenvalue weighted by atomic mass is 79.9. The standard InChI is InChI=1S/C14H23Br2N3S/c1-14(2,3)19-6-4-18(5-7-19)11(9-17)12-8-10(15)13(16)20-12/h8,11H,4-7,9,17H2,1-3H3. The highest BCUT2D eigenvalue weighted by Gasteiger charge is 2.29. The lowest BCUT2D eigenvalue weighted by atomic mass is 10.0. The molecular formula is C14H23Br2N3S. The van der Waals surface area contributed by atoms with Gasteiger partial charge < -0.3 is 5.73 Å². The third kappa shape index (κ3) is 3.84. The van der Waals surface area contributed by atoms with Crippen molar-refractivity contribution in [3.05, 3.63) is 19.2 Å². The molecule has 1 atom stereocenters. The van der Waals surface area contributed by atoms with Crippen molar-refractivity contribution in [3.63, 3.8) is 0 Å². The van der Waals surface area contributed by atoms with Crippen molar-refractivity contribution in [1.29, 1.82) is 0 Å². The zero-order valence-corrected chi connectivity index (χ0v) is 16.3. The van der Waals surface area contributed by atoms with Gasteiger partial charge in [0.05, 0.1) is 9.83 Å². The van der Waals surface area contributed by atoms with Crippen LogP contribution in [0.3, 0.4) is 0 Å². The molecule has 2 N–H and O–H groups in total. The van der Waals surface area contributed by atoms with Gasteiger partial charge in [0.1, 0.15) is 0 Å². The molecule has 2 heterocycles. The molecule has 0 aliphatic carbocycles. The summed E-state index contributed by atoms with van der Waals surface area (Å²) in [5, 5.41) is 0. The van der Waals surface area contributed by atoms with Crippen LogP contribution in [0, 0.1) is 0 Å². The van der Waals surface area contributed by atoms with Gasteiger partial charge in [-0.25, -0.2) is 0 Å². The van der Waals surface area contributed by atoms with Crippen LogP contribution in [-0.4, -0.2) is 48.1 Å². The van der Waals surface area contributed by atoms with Gasteiger partial charge in [-0.3, -0.25) is 9.80 Å². The number of piperazine rings is 1. The SMILES string of the molecule is CC(C)(C)N1CCN(C(CN)c2cc(Br)c(Br)s2)CC1. The Morgan fingerprint density at radius 3 is 2.25 bits per heavy atom. The fourth-order valence-corrected chi connectivity index (χ4v) is 4.91. The zero-order valence-electron chi connectivity index (χ0n) is 12.3. The van der Waals surface area contributed by atoms with Gasteiger partial charge >= 0.3 is 0 Å². The van der Waals surface area contributed by atoms with E-state index in [2.05, 4.69) is 68.5 Å². The van der Waals surface area contributed by atoms with E-state index in [1.807, 2.05) is 0 Å². The molecule has 20 heavy (non-hydrogen) atoms. The summed E-state index contributed by atoms with van der Waals surface area (Å²) in [6.07, 6.45) is 0. The molecule has 1 saturated heterocycles. The summed E-state index contributed by atoms with van der Waals surface area (Å²) >= 11 is 8.93. The van der Waals surface area contributed by atoms with Crippen LogP contribution in [-0.2, 0) is 0 Å². The maximum absolute atomic E-state index is 6.04. The van der Waals surface area contributed by atoms with Crippen LogP contribution < -0.4 is 5.73 Å². The molecule has 0 radical (unpaired) electrons. The topological polar surface area (TPSA) is 32.5 Å². The Balaban J connectivity index is 2.04. The van der Waals surface area contributed by atoms with Crippen LogP contribution in [0.1, 0.15) is 31.7 Å². The Bertz CT molecular complexity index is 428. The van der Waals surface area contributed by atoms with Crippen LogP contribution in [0.15, 0.2) is 14.3 Å². The summed E-state index contributed by atoms with van der Waals surface area (Å²) in [6.45, 7) is 12.0. The maximum Gasteiger partial charge on any atom is 0.0843 e. The van der Waals surface area contributed by atoms with Gasteiger partial charge in [-0.05, 0) is 58.7 Å². The van der Waals surface area contributed by atoms with Crippen molar-refractivity contribution in [1.82, 2.24) is 9.80 Å². The van der Waals surface area contributed by atoms with Crippen molar-refractivity contribution in [2.24, 2.45) is 5.73 Å². The minimum absolute atomic E-state index is 0.263. The van der Waals surface area contributed by atoms with Crippen molar-refractivity contribution >= 4 is 43.2 Å². The molecule has 114 valence electrons. The minimum atomic E-state index is 0.263. The fraction of sp³-hybridized carbons (Fsp3) is 0.714. The molecule has 2 rings (SSSR count). The Morgan fingerprint density at radius 2 is 1.85 bits per heavy atom. The molecule has 1 unspecified atom stereocenters. The van der Waals surface area contributed by atoms with Gasteiger partial charge in [-0.2, -0.15) is 0 Å². The van der Waals surface area contributed by atoms with E-state index >= 15 is 0 Å². The van der Waals surface area contributed by atoms with Gasteiger partial charge in [0.2, 0.25) is 0 Å². The second kappa shape index (κ2) is 6.75. The first-order valence-corrected chi connectivity index (χ1v) is 9.37. The number of halogens is 2. The number of hydrogen-bond donors (Lipinski definition) is 1. The van der Waals surface area contributed by atoms with Gasteiger partial charge in [0, 0.05) is 47.6 Å². The number of hydrogen-bond acceptors (Lipinski definition) is 4. The predicted molar refractivity (Wildman–Crippen MR) is 94.4 cm³/mol. The first-order chi connectivity index (χ1) is 9.32. The van der Waals surface area contributed by atoms with E-state index in [1.54, 1.807) is 11.3 Å². The maximum atomic E-state index is 6.04. The number of rotatable bonds is 3. The first-order valence-electron chi connectivity index (χ1n) is 6.97. The molecule has 1 aliphatic heterocycles. The molecule has 0 aromatic carbocycles. The summed E-state index contributed by atoms with van der Waals surface area (Å²) in [7, 11) is 0. The molecule has 0 amide bonds. The molecular weight excluding hydrogens is 402 g/mol. The van der Waals surface area contributed by atoms with E-state index in [0.29, 0.717) is 12.6 Å². The van der Waals surface area contributed by atoms with Crippen LogP contribution in [0.4, 0.5) is 0 Å². The lowest BCUT2D eigenvalue weighted by molar-refractivity contribution is 0.0440. The van der Waals surface area contributed by atoms with Gasteiger partial charge in [0.15, 0.2) is 0 Å². The molecule has 0 saturated carbocycles. The summed E-state index contributed by atoms with van der Waals surface area (Å²) in [5.41, 5.74) is 6.30. The van der Waals surface area contributed by atoms with Crippen LogP contribution >= 0.6 is 43.2 Å². The summed E-state index contributed by atoms with van der Waals surface area (Å²) in [6, 6.07) is 2.53. The van der Waals surface area contributed by atoms with Crippen molar-refractivity contribution in [2.45, 2.75) is 32.4 Å². The predicted octanol–water partition coefficient (Wildman–Crippen LogP) is 3.69. The summed E-state index contributed by atoms with van der Waals surface area (Å²) < 4.78 is 2.28. The fourth-order valence-electron chi connectivity index (χ4n) is 2.68. The van der Waals surface area contributed by atoms with Gasteiger partial charge in [0.25, 0.3) is 0 Å². The molecule has 1 fully saturated rings. The Kier molecular flexibility index (Phi) is 5.71. The van der Waals surface area contributed by atoms with Crippen LogP contribution in [0.5, 0.6) is 0 Å². The molecule has 3 nitrogen and oxygen atoms in total. The molecule has 1 aromatic rings. The lowest BCUT2D eigenvalue weighted by Gasteiger charge is -2.44. The molecule has 1 aromatic heterocycles. The van der Waals surface area contributed by atoms with Crippen LogP contribution in [0.25, 0.3) is 0 Å². The van der Waals surface area contributed by atoms with Crippen molar-refractivity contribution in [2.75, 3.05) is 32.7 Å². The monoisotopic (exact) mass is 423 g/mol. The second-order valence-electron chi connectivity index (χ2n) is 6.22. The van der Waals surface area contributed by atoms with E-state index in [9.17, 15) is 0 Å². The molecule has 6 heteroatoms. The van der Waals surface area contributed by atoms with Gasteiger partial charge in [-0.15, -0.1) is 11.3 Å². The van der Waals surface area contributed by atoms with E-state index in [-0.39, 0.29) is 5.54 Å². The zero-order chi connectivity index (χ0) is 14.9. The van der Waals surface area contributed by atoms with Crippen molar-refractivity contribution in [3.8, 4) is 0 Å². The molecule has 0 spiro atoms. The largest absolute Gasteiger partial charge is 0.329 e. The average Bonchev–Trinajstić information content (AvgIpc) is 2.70. The smallest absolute Gasteiger partial charge is 0.0843 e. The molecule has 0 bridgehead atoms. The summed E-state index contributed by atoms with van der Waals surface area (Å²) in [5.74, 6) is 0. The Hall–Kier alpha value is 0.540. The third-order valence-electron chi connectivity index (χ3n) is 3.92. The minimum Gasteiger partial charge on any atom is -0.329 e. The summed E-state index contributed by atoms with van der Waals surface area (Å²) in [4.78, 5) is 6.42. The van der Waals surface area contributed by atoms with E-state index < -0.39 is 0 Å². The highest BCUT2D eigenvalue weighted by Crippen LogP contribution is 2.37. The van der Waals surface area contributed by atoms with Crippen LogP contribution in [0.2, 0.25) is 0 Å². The Labute approximate surface area is 142 Å². The average molecular weight is 425 g/mol. The Morgan fingerprint density at radius 1 is 1.25 bits per heavy atom. The molecule has 1 aliphatic rings. The van der Waals surface area contributed by atoms with Gasteiger partial charge in [-0.1, -0.05) is 0 Å². The first kappa shape index (κ1) is 16.9. The quantitative estimate of drug-likeness (QED) is 0.802. The second-order valence-corrected chi connectivity index (χ2v) is 9.47.